The van der Waals surface area contributed by atoms with E-state index in [1.807, 2.05) is 42.5 Å². The zero-order chi connectivity index (χ0) is 22.2. The van der Waals surface area contributed by atoms with Crippen molar-refractivity contribution in [2.24, 2.45) is 0 Å². The summed E-state index contributed by atoms with van der Waals surface area (Å²) in [4.78, 5) is 31.3. The van der Waals surface area contributed by atoms with Crippen molar-refractivity contribution in [3.8, 4) is 23.8 Å². The molecule has 0 radical (unpaired) electrons. The lowest BCUT2D eigenvalue weighted by atomic mass is 9.87. The van der Waals surface area contributed by atoms with E-state index in [0.29, 0.717) is 17.9 Å². The van der Waals surface area contributed by atoms with E-state index in [9.17, 15) is 9.59 Å². The van der Waals surface area contributed by atoms with Crippen LogP contribution in [-0.2, 0) is 16.0 Å². The van der Waals surface area contributed by atoms with Crippen molar-refractivity contribution in [3.05, 3.63) is 71.9 Å². The van der Waals surface area contributed by atoms with Crippen LogP contribution in [0.4, 0.5) is 0 Å². The van der Waals surface area contributed by atoms with E-state index in [0.717, 1.165) is 27.7 Å². The smallest absolute Gasteiger partial charge is 0.247 e. The molecule has 160 valence electrons. The molecule has 0 unspecified atom stereocenters. The first-order chi connectivity index (χ1) is 15.6. The molecule has 7 nitrogen and oxygen atoms in total. The standard InChI is InChI=1S/C25H21N3O4/c1-3-11-26-25(30)19-13-17-16-7-5-6-8-18(16)27-23(17)24(28(19)22(29)4-2)15-9-10-20-21(12-15)32-14-31-20/h1,4-10,12,19,24,27H,2,11,13-14H2,(H,26,30)/t19-,24-/m0/s1. The van der Waals surface area contributed by atoms with Gasteiger partial charge in [0.15, 0.2) is 11.5 Å². The third kappa shape index (κ3) is 3.08. The van der Waals surface area contributed by atoms with E-state index in [1.54, 1.807) is 4.90 Å². The monoisotopic (exact) mass is 427 g/mol. The zero-order valence-electron chi connectivity index (χ0n) is 17.3. The van der Waals surface area contributed by atoms with Crippen molar-refractivity contribution in [3.63, 3.8) is 0 Å². The second-order valence-corrected chi connectivity index (χ2v) is 7.67. The van der Waals surface area contributed by atoms with Crippen LogP contribution in [0.2, 0.25) is 0 Å². The molecule has 1 aromatic heterocycles. The third-order valence-corrected chi connectivity index (χ3v) is 5.94. The molecule has 2 N–H and O–H groups in total. The lowest BCUT2D eigenvalue weighted by molar-refractivity contribution is -0.139. The summed E-state index contributed by atoms with van der Waals surface area (Å²) in [5, 5.41) is 3.76. The van der Waals surface area contributed by atoms with Gasteiger partial charge in [-0.2, -0.15) is 0 Å². The maximum absolute atomic E-state index is 13.1. The van der Waals surface area contributed by atoms with E-state index >= 15 is 0 Å². The van der Waals surface area contributed by atoms with Gasteiger partial charge in [0.2, 0.25) is 18.6 Å². The number of H-pyrrole nitrogens is 1. The maximum atomic E-state index is 13.1. The Balaban J connectivity index is 1.72. The van der Waals surface area contributed by atoms with Crippen LogP contribution in [0.25, 0.3) is 10.9 Å². The molecular formula is C25H21N3O4. The van der Waals surface area contributed by atoms with Crippen molar-refractivity contribution in [1.82, 2.24) is 15.2 Å². The Kier molecular flexibility index (Phi) is 4.83. The summed E-state index contributed by atoms with van der Waals surface area (Å²) in [6.07, 6.45) is 6.93. The Morgan fingerprint density at radius 1 is 1.25 bits per heavy atom. The predicted molar refractivity (Wildman–Crippen MR) is 119 cm³/mol. The van der Waals surface area contributed by atoms with Gasteiger partial charge in [-0.15, -0.1) is 6.42 Å². The number of nitrogens with zero attached hydrogens (tertiary/aromatic N) is 1. The van der Waals surface area contributed by atoms with Gasteiger partial charge in [0, 0.05) is 23.0 Å². The third-order valence-electron chi connectivity index (χ3n) is 5.94. The molecule has 2 atom stereocenters. The summed E-state index contributed by atoms with van der Waals surface area (Å²) < 4.78 is 11.0. The van der Waals surface area contributed by atoms with Crippen molar-refractivity contribution >= 4 is 22.7 Å². The molecule has 2 aromatic carbocycles. The van der Waals surface area contributed by atoms with Gasteiger partial charge >= 0.3 is 0 Å². The van der Waals surface area contributed by atoms with Gasteiger partial charge in [-0.25, -0.2) is 0 Å². The molecule has 32 heavy (non-hydrogen) atoms. The van der Waals surface area contributed by atoms with Crippen LogP contribution < -0.4 is 14.8 Å². The number of carbonyl (C=O) groups excluding carboxylic acids is 2. The van der Waals surface area contributed by atoms with E-state index in [4.69, 9.17) is 15.9 Å². The van der Waals surface area contributed by atoms with E-state index in [-0.39, 0.29) is 25.2 Å². The molecule has 0 spiro atoms. The SMILES string of the molecule is C#CCNC(=O)[C@@H]1Cc2c([nH]c3ccccc23)[C@H](c2ccc3c(c2)OCO3)N1C(=O)C=C. The Bertz CT molecular complexity index is 1290. The van der Waals surface area contributed by atoms with E-state index < -0.39 is 12.1 Å². The Morgan fingerprint density at radius 2 is 2.06 bits per heavy atom. The Morgan fingerprint density at radius 3 is 2.88 bits per heavy atom. The van der Waals surface area contributed by atoms with E-state index in [1.165, 1.54) is 6.08 Å². The Hall–Kier alpha value is -4.18. The molecule has 0 saturated heterocycles. The van der Waals surface area contributed by atoms with Crippen LogP contribution in [0.3, 0.4) is 0 Å². The zero-order valence-corrected chi connectivity index (χ0v) is 17.3. The highest BCUT2D eigenvalue weighted by Gasteiger charge is 2.43. The first-order valence-electron chi connectivity index (χ1n) is 10.3. The van der Waals surface area contributed by atoms with Gasteiger partial charge in [0.1, 0.15) is 6.04 Å². The quantitative estimate of drug-likeness (QED) is 0.495. The fourth-order valence-electron chi connectivity index (χ4n) is 4.56. The Labute approximate surface area is 185 Å². The van der Waals surface area contributed by atoms with Gasteiger partial charge in [-0.05, 0) is 35.4 Å². The summed E-state index contributed by atoms with van der Waals surface area (Å²) >= 11 is 0. The van der Waals surface area contributed by atoms with Crippen LogP contribution in [-0.4, -0.2) is 41.1 Å². The van der Waals surface area contributed by atoms with Crippen LogP contribution >= 0.6 is 0 Å². The number of terminal acetylenes is 1. The topological polar surface area (TPSA) is 83.7 Å². The number of nitrogens with one attached hydrogen (secondary N) is 2. The molecule has 0 aliphatic carbocycles. The second-order valence-electron chi connectivity index (χ2n) is 7.67. The fourth-order valence-corrected chi connectivity index (χ4v) is 4.56. The van der Waals surface area contributed by atoms with Crippen LogP contribution in [0, 0.1) is 12.3 Å². The highest BCUT2D eigenvalue weighted by atomic mass is 16.7. The molecule has 2 aliphatic rings. The first-order valence-corrected chi connectivity index (χ1v) is 10.3. The minimum Gasteiger partial charge on any atom is -0.454 e. The van der Waals surface area contributed by atoms with Gasteiger partial charge in [-0.3, -0.25) is 9.59 Å². The summed E-state index contributed by atoms with van der Waals surface area (Å²) in [6, 6.07) is 12.2. The highest BCUT2D eigenvalue weighted by Crippen LogP contribution is 2.43. The van der Waals surface area contributed by atoms with E-state index in [2.05, 4.69) is 22.8 Å². The summed E-state index contributed by atoms with van der Waals surface area (Å²) in [7, 11) is 0. The van der Waals surface area contributed by atoms with Crippen LogP contribution in [0.5, 0.6) is 11.5 Å². The highest BCUT2D eigenvalue weighted by molar-refractivity contribution is 5.96. The minimum atomic E-state index is -0.754. The summed E-state index contributed by atoms with van der Waals surface area (Å²) in [5.74, 6) is 3.01. The minimum absolute atomic E-state index is 0.0842. The van der Waals surface area contributed by atoms with Crippen molar-refractivity contribution in [1.29, 1.82) is 0 Å². The molecule has 3 heterocycles. The summed E-state index contributed by atoms with van der Waals surface area (Å²) in [5.41, 5.74) is 3.60. The molecule has 5 rings (SSSR count). The number of aromatic amines is 1. The van der Waals surface area contributed by atoms with Crippen molar-refractivity contribution in [2.45, 2.75) is 18.5 Å². The normalized spacial score (nSPS) is 18.7. The number of para-hydroxylation sites is 1. The molecule has 0 saturated carbocycles. The molecule has 0 bridgehead atoms. The van der Waals surface area contributed by atoms with Crippen LogP contribution in [0.15, 0.2) is 55.1 Å². The van der Waals surface area contributed by atoms with Gasteiger partial charge in [0.05, 0.1) is 12.6 Å². The van der Waals surface area contributed by atoms with Crippen molar-refractivity contribution < 1.29 is 19.1 Å². The van der Waals surface area contributed by atoms with Gasteiger partial charge in [-0.1, -0.05) is 36.8 Å². The molecular weight excluding hydrogens is 406 g/mol. The maximum Gasteiger partial charge on any atom is 0.247 e. The lowest BCUT2D eigenvalue weighted by Crippen LogP contribution is -2.54. The molecule has 7 heteroatoms. The number of benzene rings is 2. The number of ether oxygens (including phenoxy) is 2. The van der Waals surface area contributed by atoms with Gasteiger partial charge in [0.25, 0.3) is 0 Å². The second kappa shape index (κ2) is 7.82. The fraction of sp³-hybridized carbons (Fsp3) is 0.200. The lowest BCUT2D eigenvalue weighted by Gasteiger charge is -2.41. The number of carbonyl (C=O) groups is 2. The molecule has 0 fully saturated rings. The van der Waals surface area contributed by atoms with Crippen LogP contribution in [0.1, 0.15) is 22.9 Å². The average Bonchev–Trinajstić information content (AvgIpc) is 3.44. The molecule has 2 amide bonds. The number of hydrogen-bond acceptors (Lipinski definition) is 4. The van der Waals surface area contributed by atoms with Gasteiger partial charge < -0.3 is 24.7 Å². The molecule has 2 aliphatic heterocycles. The number of aromatic nitrogens is 1. The number of hydrogen-bond donors (Lipinski definition) is 2. The number of fused-ring (bicyclic) bond motifs is 4. The summed E-state index contributed by atoms with van der Waals surface area (Å²) in [6.45, 7) is 3.90. The predicted octanol–water partition coefficient (Wildman–Crippen LogP) is 2.67. The average molecular weight is 427 g/mol. The van der Waals surface area contributed by atoms with Crippen molar-refractivity contribution in [2.75, 3.05) is 13.3 Å². The molecule has 3 aromatic rings. The number of rotatable bonds is 4. The largest absolute Gasteiger partial charge is 0.454 e. The first kappa shape index (κ1) is 19.8. The number of amides is 2.